The van der Waals surface area contributed by atoms with Gasteiger partial charge in [0.1, 0.15) is 0 Å². The van der Waals surface area contributed by atoms with Gasteiger partial charge in [-0.2, -0.15) is 0 Å². The number of hydrogen-bond donors (Lipinski definition) is 1. The van der Waals surface area contributed by atoms with Crippen LogP contribution in [-0.2, 0) is 0 Å². The van der Waals surface area contributed by atoms with Crippen molar-refractivity contribution in [3.8, 4) is 0 Å². The number of H-pyrrole nitrogens is 1. The number of fused-ring (bicyclic) bond motifs is 1. The quantitative estimate of drug-likeness (QED) is 0.814. The number of benzene rings is 1. The molecule has 0 spiro atoms. The Balaban J connectivity index is 1.86. The van der Waals surface area contributed by atoms with Crippen molar-refractivity contribution in [2.75, 3.05) is 13.1 Å². The second-order valence-electron chi connectivity index (χ2n) is 5.03. The lowest BCUT2D eigenvalue weighted by atomic mass is 9.90. The van der Waals surface area contributed by atoms with E-state index in [1.54, 1.807) is 0 Å². The van der Waals surface area contributed by atoms with Crippen molar-refractivity contribution in [3.63, 3.8) is 0 Å². The minimum atomic E-state index is 0.682. The van der Waals surface area contributed by atoms with Gasteiger partial charge < -0.3 is 4.98 Å². The van der Waals surface area contributed by atoms with Gasteiger partial charge in [0.25, 0.3) is 0 Å². The fourth-order valence-corrected chi connectivity index (χ4v) is 2.56. The highest BCUT2D eigenvalue weighted by molar-refractivity contribution is 5.83. The van der Waals surface area contributed by atoms with Gasteiger partial charge in [0.05, 0.1) is 0 Å². The molecule has 0 atom stereocenters. The Bertz CT molecular complexity index is 492. The third kappa shape index (κ3) is 1.45. The summed E-state index contributed by atoms with van der Waals surface area (Å²) in [5.41, 5.74) is 2.76. The van der Waals surface area contributed by atoms with Crippen molar-refractivity contribution in [3.05, 3.63) is 36.0 Å². The Kier molecular flexibility index (Phi) is 2.25. The Morgan fingerprint density at radius 1 is 1.25 bits per heavy atom. The minimum absolute atomic E-state index is 0.682. The SMILES string of the molecule is CC(C)N1CC(c2c[nH]c3ccccc23)C1. The lowest BCUT2D eigenvalue weighted by molar-refractivity contribution is 0.110. The number of likely N-dealkylation sites (tertiary alicyclic amines) is 1. The maximum absolute atomic E-state index is 3.36. The molecule has 1 saturated heterocycles. The zero-order valence-electron chi connectivity index (χ0n) is 9.90. The summed E-state index contributed by atoms with van der Waals surface area (Å²) in [7, 11) is 0. The normalized spacial score (nSPS) is 18.2. The largest absolute Gasteiger partial charge is 0.361 e. The highest BCUT2D eigenvalue weighted by Crippen LogP contribution is 2.33. The standard InChI is InChI=1S/C14H18N2/c1-10(2)16-8-11(9-16)13-7-15-14-6-4-3-5-12(13)14/h3-7,10-11,15H,8-9H2,1-2H3. The van der Waals surface area contributed by atoms with Crippen LogP contribution >= 0.6 is 0 Å². The fourth-order valence-electron chi connectivity index (χ4n) is 2.56. The molecule has 0 radical (unpaired) electrons. The molecule has 1 aromatic heterocycles. The summed E-state index contributed by atoms with van der Waals surface area (Å²) in [6.45, 7) is 6.95. The molecule has 0 unspecified atom stereocenters. The fraction of sp³-hybridized carbons (Fsp3) is 0.429. The molecule has 0 amide bonds. The van der Waals surface area contributed by atoms with E-state index >= 15 is 0 Å². The van der Waals surface area contributed by atoms with E-state index in [4.69, 9.17) is 0 Å². The predicted octanol–water partition coefficient (Wildman–Crippen LogP) is 2.98. The van der Waals surface area contributed by atoms with Gasteiger partial charge in [0.15, 0.2) is 0 Å². The van der Waals surface area contributed by atoms with E-state index in [1.807, 2.05) is 0 Å². The maximum Gasteiger partial charge on any atom is 0.0456 e. The molecule has 0 bridgehead atoms. The first kappa shape index (κ1) is 9.91. The highest BCUT2D eigenvalue weighted by atomic mass is 15.2. The van der Waals surface area contributed by atoms with Crippen molar-refractivity contribution in [1.82, 2.24) is 9.88 Å². The van der Waals surface area contributed by atoms with Crippen LogP contribution in [0.2, 0.25) is 0 Å². The monoisotopic (exact) mass is 214 g/mol. The number of aromatic nitrogens is 1. The van der Waals surface area contributed by atoms with Gasteiger partial charge in [-0.15, -0.1) is 0 Å². The average Bonchev–Trinajstić information content (AvgIpc) is 2.60. The summed E-state index contributed by atoms with van der Waals surface area (Å²) in [4.78, 5) is 5.88. The summed E-state index contributed by atoms with van der Waals surface area (Å²) in [6, 6.07) is 9.26. The molecular weight excluding hydrogens is 196 g/mol. The van der Waals surface area contributed by atoms with Gasteiger partial charge in [-0.3, -0.25) is 4.90 Å². The zero-order chi connectivity index (χ0) is 11.1. The predicted molar refractivity (Wildman–Crippen MR) is 67.7 cm³/mol. The van der Waals surface area contributed by atoms with Gasteiger partial charge in [-0.25, -0.2) is 0 Å². The van der Waals surface area contributed by atoms with Gasteiger partial charge in [-0.05, 0) is 25.5 Å². The van der Waals surface area contributed by atoms with Crippen LogP contribution in [0.15, 0.2) is 30.5 Å². The lowest BCUT2D eigenvalue weighted by Gasteiger charge is -2.42. The van der Waals surface area contributed by atoms with E-state index in [0.717, 1.165) is 5.92 Å². The van der Waals surface area contributed by atoms with Crippen LogP contribution in [-0.4, -0.2) is 29.0 Å². The molecule has 2 heterocycles. The van der Waals surface area contributed by atoms with Crippen LogP contribution < -0.4 is 0 Å². The van der Waals surface area contributed by atoms with Gasteiger partial charge >= 0.3 is 0 Å². The smallest absolute Gasteiger partial charge is 0.0456 e. The Labute approximate surface area is 96.3 Å². The number of nitrogens with one attached hydrogen (secondary N) is 1. The molecule has 1 fully saturated rings. The number of nitrogens with zero attached hydrogens (tertiary/aromatic N) is 1. The molecule has 2 heteroatoms. The van der Waals surface area contributed by atoms with Crippen molar-refractivity contribution >= 4 is 10.9 Å². The van der Waals surface area contributed by atoms with Crippen LogP contribution in [0.4, 0.5) is 0 Å². The number of rotatable bonds is 2. The highest BCUT2D eigenvalue weighted by Gasteiger charge is 2.30. The number of para-hydroxylation sites is 1. The third-order valence-corrected chi connectivity index (χ3v) is 3.70. The molecule has 3 rings (SSSR count). The van der Waals surface area contributed by atoms with Crippen molar-refractivity contribution in [2.24, 2.45) is 0 Å². The topological polar surface area (TPSA) is 19.0 Å². The van der Waals surface area contributed by atoms with E-state index in [0.29, 0.717) is 6.04 Å². The van der Waals surface area contributed by atoms with Gasteiger partial charge in [0.2, 0.25) is 0 Å². The van der Waals surface area contributed by atoms with Crippen molar-refractivity contribution < 1.29 is 0 Å². The number of aromatic amines is 1. The Morgan fingerprint density at radius 2 is 2.00 bits per heavy atom. The summed E-state index contributed by atoms with van der Waals surface area (Å²) in [6.07, 6.45) is 2.19. The molecule has 1 N–H and O–H groups in total. The lowest BCUT2D eigenvalue weighted by Crippen LogP contribution is -2.48. The van der Waals surface area contributed by atoms with Crippen LogP contribution in [0.25, 0.3) is 10.9 Å². The molecule has 0 saturated carbocycles. The molecule has 1 aromatic carbocycles. The van der Waals surface area contributed by atoms with E-state index in [2.05, 4.69) is 54.2 Å². The summed E-state index contributed by atoms with van der Waals surface area (Å²) >= 11 is 0. The molecule has 16 heavy (non-hydrogen) atoms. The van der Waals surface area contributed by atoms with Crippen LogP contribution in [0.1, 0.15) is 25.3 Å². The van der Waals surface area contributed by atoms with E-state index in [1.165, 1.54) is 29.6 Å². The van der Waals surface area contributed by atoms with Crippen LogP contribution in [0.3, 0.4) is 0 Å². The van der Waals surface area contributed by atoms with Gasteiger partial charge in [-0.1, -0.05) is 18.2 Å². The first-order valence-electron chi connectivity index (χ1n) is 6.06. The Morgan fingerprint density at radius 3 is 2.75 bits per heavy atom. The third-order valence-electron chi connectivity index (χ3n) is 3.70. The summed E-state index contributed by atoms with van der Waals surface area (Å²) < 4.78 is 0. The maximum atomic E-state index is 3.36. The van der Waals surface area contributed by atoms with E-state index in [-0.39, 0.29) is 0 Å². The molecular formula is C14H18N2. The molecule has 2 nitrogen and oxygen atoms in total. The zero-order valence-corrected chi connectivity index (χ0v) is 9.90. The second kappa shape index (κ2) is 3.63. The Hall–Kier alpha value is -1.28. The molecule has 84 valence electrons. The minimum Gasteiger partial charge on any atom is -0.361 e. The average molecular weight is 214 g/mol. The van der Waals surface area contributed by atoms with Crippen molar-refractivity contribution in [1.29, 1.82) is 0 Å². The van der Waals surface area contributed by atoms with Crippen LogP contribution in [0, 0.1) is 0 Å². The number of hydrogen-bond acceptors (Lipinski definition) is 1. The van der Waals surface area contributed by atoms with Crippen LogP contribution in [0.5, 0.6) is 0 Å². The molecule has 2 aromatic rings. The molecule has 0 aliphatic carbocycles. The van der Waals surface area contributed by atoms with E-state index < -0.39 is 0 Å². The van der Waals surface area contributed by atoms with Gasteiger partial charge in [0, 0.05) is 42.1 Å². The first-order chi connectivity index (χ1) is 7.75. The summed E-state index contributed by atoms with van der Waals surface area (Å²) in [5, 5.41) is 1.40. The summed E-state index contributed by atoms with van der Waals surface area (Å²) in [5.74, 6) is 0.721. The molecule has 1 aliphatic rings. The second-order valence-corrected chi connectivity index (χ2v) is 5.03. The van der Waals surface area contributed by atoms with E-state index in [9.17, 15) is 0 Å². The van der Waals surface area contributed by atoms with Crippen molar-refractivity contribution in [2.45, 2.75) is 25.8 Å². The molecule has 1 aliphatic heterocycles. The first-order valence-corrected chi connectivity index (χ1v) is 6.06.